The summed E-state index contributed by atoms with van der Waals surface area (Å²) in [6, 6.07) is 11.8. The number of aromatic nitrogens is 1. The summed E-state index contributed by atoms with van der Waals surface area (Å²) in [4.78, 5) is 25.3. The number of cyclic esters (lactones) is 2. The first-order valence-electron chi connectivity index (χ1n) is 9.11. The number of carbonyl (C=O) groups excluding carboxylic acids is 2. The number of ether oxygens (including phenoxy) is 2. The van der Waals surface area contributed by atoms with Crippen molar-refractivity contribution in [2.24, 2.45) is 7.05 Å². The molecule has 0 aliphatic carbocycles. The molecule has 6 heteroatoms. The summed E-state index contributed by atoms with van der Waals surface area (Å²) in [7, 11) is 3.60. The van der Waals surface area contributed by atoms with Crippen molar-refractivity contribution in [1.82, 2.24) is 4.57 Å². The molecule has 2 aromatic heterocycles. The number of benzene rings is 2. The Morgan fingerprint density at radius 1 is 1.00 bits per heavy atom. The zero-order valence-corrected chi connectivity index (χ0v) is 16.9. The van der Waals surface area contributed by atoms with Gasteiger partial charge in [0, 0.05) is 40.0 Å². The van der Waals surface area contributed by atoms with Gasteiger partial charge >= 0.3 is 11.9 Å². The topological polar surface area (TPSA) is 57.5 Å². The lowest BCUT2D eigenvalue weighted by molar-refractivity contribution is -0.149. The standard InChI is InChI=1S/C23H17NO4S/c1-12-18(20-19(13-8-9-29-11-13)22(25)28-23(20)26)16-10-17(27-3)14-6-4-5-7-15(14)21(16)24(12)2/h4-11H,1-3H3. The second-order valence-corrected chi connectivity index (χ2v) is 7.76. The molecular weight excluding hydrogens is 386 g/mol. The third-order valence-electron chi connectivity index (χ3n) is 5.57. The predicted molar refractivity (Wildman–Crippen MR) is 114 cm³/mol. The predicted octanol–water partition coefficient (Wildman–Crippen LogP) is 4.70. The van der Waals surface area contributed by atoms with Gasteiger partial charge in [0.2, 0.25) is 0 Å². The van der Waals surface area contributed by atoms with E-state index in [1.165, 1.54) is 11.3 Å². The number of hydrogen-bond acceptors (Lipinski definition) is 5. The Morgan fingerprint density at radius 3 is 2.41 bits per heavy atom. The van der Waals surface area contributed by atoms with Crippen LogP contribution in [0.25, 0.3) is 32.8 Å². The molecule has 0 spiro atoms. The van der Waals surface area contributed by atoms with Gasteiger partial charge in [-0.25, -0.2) is 9.59 Å². The summed E-state index contributed by atoms with van der Waals surface area (Å²) in [5, 5.41) is 6.60. The fourth-order valence-corrected chi connectivity index (χ4v) is 4.83. The van der Waals surface area contributed by atoms with Gasteiger partial charge in [-0.15, -0.1) is 0 Å². The number of fused-ring (bicyclic) bond motifs is 3. The van der Waals surface area contributed by atoms with Crippen LogP contribution in [0.5, 0.6) is 5.75 Å². The summed E-state index contributed by atoms with van der Waals surface area (Å²) >= 11 is 1.47. The molecule has 0 saturated carbocycles. The zero-order valence-electron chi connectivity index (χ0n) is 16.1. The molecule has 0 amide bonds. The highest BCUT2D eigenvalue weighted by atomic mass is 32.1. The van der Waals surface area contributed by atoms with Gasteiger partial charge in [0.25, 0.3) is 0 Å². The summed E-state index contributed by atoms with van der Waals surface area (Å²) in [6.45, 7) is 1.95. The van der Waals surface area contributed by atoms with Crippen LogP contribution in [0, 0.1) is 6.92 Å². The highest BCUT2D eigenvalue weighted by molar-refractivity contribution is 7.08. The molecule has 29 heavy (non-hydrogen) atoms. The summed E-state index contributed by atoms with van der Waals surface area (Å²) in [5.41, 5.74) is 3.91. The van der Waals surface area contributed by atoms with Gasteiger partial charge < -0.3 is 14.0 Å². The lowest BCUT2D eigenvalue weighted by Gasteiger charge is -2.09. The SMILES string of the molecule is COc1cc2c(C3=C(c4ccsc4)C(=O)OC3=O)c(C)n(C)c2c2ccccc12. The van der Waals surface area contributed by atoms with Crippen LogP contribution >= 0.6 is 11.3 Å². The first-order valence-corrected chi connectivity index (χ1v) is 10.1. The minimum atomic E-state index is -0.612. The van der Waals surface area contributed by atoms with Crippen LogP contribution in [0.4, 0.5) is 0 Å². The molecule has 4 aromatic rings. The van der Waals surface area contributed by atoms with Crippen LogP contribution in [0.1, 0.15) is 16.8 Å². The number of aryl methyl sites for hydroxylation is 1. The molecule has 0 radical (unpaired) electrons. The summed E-state index contributed by atoms with van der Waals surface area (Å²) in [5.74, 6) is -0.498. The van der Waals surface area contributed by atoms with Gasteiger partial charge in [0.1, 0.15) is 5.75 Å². The molecule has 1 aliphatic rings. The minimum absolute atomic E-state index is 0.314. The quantitative estimate of drug-likeness (QED) is 0.367. The van der Waals surface area contributed by atoms with Gasteiger partial charge in [0.15, 0.2) is 0 Å². The number of thiophene rings is 1. The van der Waals surface area contributed by atoms with Crippen LogP contribution in [0.3, 0.4) is 0 Å². The zero-order chi connectivity index (χ0) is 20.3. The van der Waals surface area contributed by atoms with Crippen molar-refractivity contribution in [2.75, 3.05) is 7.11 Å². The second kappa shape index (κ2) is 6.32. The Kier molecular flexibility index (Phi) is 3.86. The van der Waals surface area contributed by atoms with Crippen molar-refractivity contribution in [3.63, 3.8) is 0 Å². The molecule has 0 saturated heterocycles. The van der Waals surface area contributed by atoms with Crippen molar-refractivity contribution in [3.8, 4) is 5.75 Å². The van der Waals surface area contributed by atoms with E-state index in [-0.39, 0.29) is 0 Å². The molecule has 0 bridgehead atoms. The molecule has 0 fully saturated rings. The van der Waals surface area contributed by atoms with Gasteiger partial charge in [-0.2, -0.15) is 11.3 Å². The maximum absolute atomic E-state index is 12.8. The Balaban J connectivity index is 1.96. The van der Waals surface area contributed by atoms with E-state index < -0.39 is 11.9 Å². The summed E-state index contributed by atoms with van der Waals surface area (Å²) in [6.07, 6.45) is 0. The van der Waals surface area contributed by atoms with Crippen LogP contribution in [-0.4, -0.2) is 23.6 Å². The molecule has 0 N–H and O–H groups in total. The molecule has 5 rings (SSSR count). The average Bonchev–Trinajstić information content (AvgIpc) is 3.40. The van der Waals surface area contributed by atoms with Crippen LogP contribution in [0.2, 0.25) is 0 Å². The van der Waals surface area contributed by atoms with Gasteiger partial charge in [0.05, 0.1) is 23.8 Å². The Labute approximate surface area is 170 Å². The van der Waals surface area contributed by atoms with Crippen molar-refractivity contribution >= 4 is 56.1 Å². The van der Waals surface area contributed by atoms with Crippen LogP contribution in [-0.2, 0) is 21.4 Å². The fourth-order valence-electron chi connectivity index (χ4n) is 4.18. The minimum Gasteiger partial charge on any atom is -0.496 e. The van der Waals surface area contributed by atoms with Crippen molar-refractivity contribution in [3.05, 3.63) is 64.0 Å². The molecule has 2 aromatic carbocycles. The molecule has 3 heterocycles. The normalized spacial score (nSPS) is 14.3. The Hall–Kier alpha value is -3.38. The van der Waals surface area contributed by atoms with Crippen molar-refractivity contribution in [1.29, 1.82) is 0 Å². The lowest BCUT2D eigenvalue weighted by Crippen LogP contribution is -2.02. The van der Waals surface area contributed by atoms with E-state index in [1.807, 2.05) is 61.1 Å². The molecule has 144 valence electrons. The molecule has 0 atom stereocenters. The maximum Gasteiger partial charge on any atom is 0.347 e. The van der Waals surface area contributed by atoms with E-state index in [0.717, 1.165) is 33.1 Å². The average molecular weight is 403 g/mol. The fraction of sp³-hybridized carbons (Fsp3) is 0.130. The maximum atomic E-state index is 12.8. The van der Waals surface area contributed by atoms with Crippen molar-refractivity contribution < 1.29 is 19.1 Å². The second-order valence-electron chi connectivity index (χ2n) is 6.98. The molecule has 1 aliphatic heterocycles. The van der Waals surface area contributed by atoms with Crippen LogP contribution < -0.4 is 4.74 Å². The number of esters is 2. The third kappa shape index (κ3) is 2.39. The number of hydrogen-bond donors (Lipinski definition) is 0. The number of nitrogens with zero attached hydrogens (tertiary/aromatic N) is 1. The van der Waals surface area contributed by atoms with E-state index >= 15 is 0 Å². The number of carbonyl (C=O) groups is 2. The van der Waals surface area contributed by atoms with Gasteiger partial charge in [-0.3, -0.25) is 0 Å². The number of rotatable bonds is 3. The van der Waals surface area contributed by atoms with E-state index in [1.54, 1.807) is 7.11 Å². The largest absolute Gasteiger partial charge is 0.496 e. The monoisotopic (exact) mass is 403 g/mol. The van der Waals surface area contributed by atoms with Crippen molar-refractivity contribution in [2.45, 2.75) is 6.92 Å². The summed E-state index contributed by atoms with van der Waals surface area (Å²) < 4.78 is 12.7. The third-order valence-corrected chi connectivity index (χ3v) is 6.25. The highest BCUT2D eigenvalue weighted by Gasteiger charge is 2.37. The first kappa shape index (κ1) is 17.7. The first-order chi connectivity index (χ1) is 14.0. The van der Waals surface area contributed by atoms with Gasteiger partial charge in [-0.1, -0.05) is 24.3 Å². The highest BCUT2D eigenvalue weighted by Crippen LogP contribution is 2.43. The van der Waals surface area contributed by atoms with E-state index in [0.29, 0.717) is 22.3 Å². The molecular formula is C23H17NO4S. The van der Waals surface area contributed by atoms with E-state index in [9.17, 15) is 9.59 Å². The Bertz CT molecular complexity index is 1360. The number of methoxy groups -OCH3 is 1. The molecule has 0 unspecified atom stereocenters. The van der Waals surface area contributed by atoms with E-state index in [2.05, 4.69) is 4.57 Å². The Morgan fingerprint density at radius 2 is 1.72 bits per heavy atom. The smallest absolute Gasteiger partial charge is 0.347 e. The molecule has 5 nitrogen and oxygen atoms in total. The van der Waals surface area contributed by atoms with Gasteiger partial charge in [-0.05, 0) is 29.8 Å². The van der Waals surface area contributed by atoms with E-state index in [4.69, 9.17) is 9.47 Å². The van der Waals surface area contributed by atoms with Crippen LogP contribution in [0.15, 0.2) is 47.2 Å². The lowest BCUT2D eigenvalue weighted by atomic mass is 9.94.